The summed E-state index contributed by atoms with van der Waals surface area (Å²) >= 11 is 0. The second-order valence-corrected chi connectivity index (χ2v) is 10.6. The van der Waals surface area contributed by atoms with Crippen LogP contribution in [0.5, 0.6) is 0 Å². The molecule has 0 saturated heterocycles. The summed E-state index contributed by atoms with van der Waals surface area (Å²) < 4.78 is 0. The van der Waals surface area contributed by atoms with Gasteiger partial charge in [0.2, 0.25) is 5.91 Å². The minimum atomic E-state index is -1.21. The standard InChI is InChI=1S/C31H39N7O6/c1-19(2)27(37-28(40)22-9-4-3-5-10-22)29(41)35-17-26(39)38(24-13-12-21-8-6-7-11-23(21)15-24)44-18-20(16-36-31(33)34)14-25(32)30(42)43/h3-13,15,19-20,25,27H,14,16-18,32H2,1-2H3,(H,35,41)(H,37,40)(H,42,43)(H4,33,34,36)/t20?,25-,27-/m0/s1. The molecule has 0 heterocycles. The predicted octanol–water partition coefficient (Wildman–Crippen LogP) is 1.37. The molecule has 1 unspecified atom stereocenters. The normalized spacial score (nSPS) is 13.0. The average Bonchev–Trinajstić information content (AvgIpc) is 3.01. The highest BCUT2D eigenvalue weighted by atomic mass is 16.7. The molecule has 0 aromatic heterocycles. The topological polar surface area (TPSA) is 215 Å². The van der Waals surface area contributed by atoms with Gasteiger partial charge in [-0.1, -0.05) is 62.4 Å². The number of anilines is 1. The van der Waals surface area contributed by atoms with Crippen molar-refractivity contribution >= 4 is 46.1 Å². The lowest BCUT2D eigenvalue weighted by Crippen LogP contribution is -2.52. The van der Waals surface area contributed by atoms with Crippen LogP contribution < -0.4 is 32.9 Å². The fraction of sp³-hybridized carbons (Fsp3) is 0.323. The van der Waals surface area contributed by atoms with Crippen molar-refractivity contribution in [3.8, 4) is 0 Å². The maximum Gasteiger partial charge on any atom is 0.320 e. The van der Waals surface area contributed by atoms with E-state index >= 15 is 0 Å². The molecule has 0 saturated carbocycles. The van der Waals surface area contributed by atoms with Gasteiger partial charge in [0.15, 0.2) is 5.96 Å². The van der Waals surface area contributed by atoms with Gasteiger partial charge in [0, 0.05) is 18.0 Å². The molecule has 3 amide bonds. The zero-order valence-electron chi connectivity index (χ0n) is 24.7. The van der Waals surface area contributed by atoms with Crippen LogP contribution in [-0.2, 0) is 19.2 Å². The van der Waals surface area contributed by atoms with Crippen molar-refractivity contribution in [1.82, 2.24) is 10.6 Å². The summed E-state index contributed by atoms with van der Waals surface area (Å²) in [7, 11) is 0. The Balaban J connectivity index is 1.79. The Morgan fingerprint density at radius 2 is 1.61 bits per heavy atom. The predicted molar refractivity (Wildman–Crippen MR) is 167 cm³/mol. The summed E-state index contributed by atoms with van der Waals surface area (Å²) in [6.45, 7) is 2.95. The highest BCUT2D eigenvalue weighted by molar-refractivity contribution is 6.00. The molecule has 13 nitrogen and oxygen atoms in total. The number of fused-ring (bicyclic) bond motifs is 1. The summed E-state index contributed by atoms with van der Waals surface area (Å²) in [6.07, 6.45) is -0.0280. The van der Waals surface area contributed by atoms with E-state index in [0.29, 0.717) is 11.3 Å². The molecule has 3 aromatic carbocycles. The minimum Gasteiger partial charge on any atom is -0.480 e. The molecular weight excluding hydrogens is 566 g/mol. The summed E-state index contributed by atoms with van der Waals surface area (Å²) in [5, 5.41) is 17.4. The number of rotatable bonds is 15. The van der Waals surface area contributed by atoms with E-state index < -0.39 is 48.2 Å². The number of aliphatic imine (C=N–C) groups is 1. The molecule has 3 atom stereocenters. The van der Waals surface area contributed by atoms with Gasteiger partial charge in [0.25, 0.3) is 11.8 Å². The van der Waals surface area contributed by atoms with Gasteiger partial charge in [-0.05, 0) is 47.4 Å². The third kappa shape index (κ3) is 9.78. The molecule has 0 aliphatic heterocycles. The summed E-state index contributed by atoms with van der Waals surface area (Å²) in [6, 6.07) is 19.2. The zero-order chi connectivity index (χ0) is 32.2. The van der Waals surface area contributed by atoms with Crippen molar-refractivity contribution in [2.24, 2.45) is 34.0 Å². The average molecular weight is 606 g/mol. The van der Waals surface area contributed by atoms with Gasteiger partial charge in [-0.15, -0.1) is 0 Å². The van der Waals surface area contributed by atoms with E-state index in [1.54, 1.807) is 56.3 Å². The van der Waals surface area contributed by atoms with Gasteiger partial charge >= 0.3 is 5.97 Å². The molecule has 44 heavy (non-hydrogen) atoms. The van der Waals surface area contributed by atoms with Crippen LogP contribution >= 0.6 is 0 Å². The monoisotopic (exact) mass is 605 g/mol. The van der Waals surface area contributed by atoms with Crippen molar-refractivity contribution < 1.29 is 29.1 Å². The summed E-state index contributed by atoms with van der Waals surface area (Å²) in [5.74, 6) is -3.82. The molecular formula is C31H39N7O6. The summed E-state index contributed by atoms with van der Waals surface area (Å²) in [5.41, 5.74) is 17.5. The number of guanidine groups is 1. The first-order valence-corrected chi connectivity index (χ1v) is 14.1. The smallest absolute Gasteiger partial charge is 0.320 e. The van der Waals surface area contributed by atoms with Gasteiger partial charge in [-0.2, -0.15) is 5.06 Å². The molecule has 0 spiro atoms. The number of hydrogen-bond acceptors (Lipinski definition) is 7. The van der Waals surface area contributed by atoms with Crippen LogP contribution in [0.25, 0.3) is 10.8 Å². The van der Waals surface area contributed by atoms with E-state index in [1.165, 1.54) is 0 Å². The lowest BCUT2D eigenvalue weighted by Gasteiger charge is -2.26. The Morgan fingerprint density at radius 1 is 0.955 bits per heavy atom. The Kier molecular flexibility index (Phi) is 12.2. The van der Waals surface area contributed by atoms with Crippen molar-refractivity contribution in [2.45, 2.75) is 32.4 Å². The number of carbonyl (C=O) groups excluding carboxylic acids is 3. The number of amides is 3. The fourth-order valence-electron chi connectivity index (χ4n) is 4.36. The number of hydrogen-bond donors (Lipinski definition) is 6. The number of carbonyl (C=O) groups is 4. The molecule has 0 aliphatic carbocycles. The number of aliphatic carboxylic acids is 1. The molecule has 0 radical (unpaired) electrons. The molecule has 0 aliphatic rings. The first kappa shape index (κ1) is 33.5. The van der Waals surface area contributed by atoms with E-state index in [9.17, 15) is 24.3 Å². The molecule has 0 bridgehead atoms. The number of benzene rings is 3. The maximum atomic E-state index is 13.5. The third-order valence-corrected chi connectivity index (χ3v) is 6.76. The van der Waals surface area contributed by atoms with Crippen LogP contribution in [0.4, 0.5) is 5.69 Å². The Hall–Kier alpha value is -5.01. The van der Waals surface area contributed by atoms with Crippen molar-refractivity contribution in [3.63, 3.8) is 0 Å². The van der Waals surface area contributed by atoms with Crippen molar-refractivity contribution in [1.29, 1.82) is 0 Å². The number of nitrogens with two attached hydrogens (primary N) is 3. The lowest BCUT2D eigenvalue weighted by molar-refractivity contribution is -0.139. The number of hydroxylamine groups is 1. The summed E-state index contributed by atoms with van der Waals surface area (Å²) in [4.78, 5) is 60.7. The van der Waals surface area contributed by atoms with Gasteiger partial charge < -0.3 is 32.9 Å². The SMILES string of the molecule is CC(C)[C@H](NC(=O)c1ccccc1)C(=O)NCC(=O)N(OCC(CN=C(N)N)C[C@H](N)C(=O)O)c1ccc2ccccc2c1. The highest BCUT2D eigenvalue weighted by Crippen LogP contribution is 2.23. The quantitative estimate of drug-likeness (QED) is 0.0836. The highest BCUT2D eigenvalue weighted by Gasteiger charge is 2.27. The van der Waals surface area contributed by atoms with Crippen molar-refractivity contribution in [2.75, 3.05) is 24.8 Å². The molecule has 3 aromatic rings. The number of nitrogens with one attached hydrogen (secondary N) is 2. The van der Waals surface area contributed by atoms with Crippen molar-refractivity contribution in [3.05, 3.63) is 78.4 Å². The largest absolute Gasteiger partial charge is 0.480 e. The van der Waals surface area contributed by atoms with Crippen LogP contribution in [0.3, 0.4) is 0 Å². The van der Waals surface area contributed by atoms with Crippen LogP contribution in [0, 0.1) is 11.8 Å². The Labute approximate surface area is 255 Å². The van der Waals surface area contributed by atoms with Crippen LogP contribution in [0.2, 0.25) is 0 Å². The molecule has 0 fully saturated rings. The van der Waals surface area contributed by atoms with Crippen LogP contribution in [0.15, 0.2) is 77.8 Å². The van der Waals surface area contributed by atoms with E-state index in [0.717, 1.165) is 15.8 Å². The third-order valence-electron chi connectivity index (χ3n) is 6.76. The Morgan fingerprint density at radius 3 is 2.25 bits per heavy atom. The molecule has 9 N–H and O–H groups in total. The van der Waals surface area contributed by atoms with Gasteiger partial charge in [0.1, 0.15) is 12.1 Å². The second kappa shape index (κ2) is 16.0. The molecule has 13 heteroatoms. The number of carboxylic acids is 1. The van der Waals surface area contributed by atoms with Gasteiger partial charge in [-0.25, -0.2) is 0 Å². The minimum absolute atomic E-state index is 0.0109. The van der Waals surface area contributed by atoms with E-state index in [-0.39, 0.29) is 31.4 Å². The van der Waals surface area contributed by atoms with Crippen LogP contribution in [0.1, 0.15) is 30.6 Å². The zero-order valence-corrected chi connectivity index (χ0v) is 24.7. The number of nitrogens with zero attached hydrogens (tertiary/aromatic N) is 2. The fourth-order valence-corrected chi connectivity index (χ4v) is 4.36. The molecule has 234 valence electrons. The van der Waals surface area contributed by atoms with Gasteiger partial charge in [0.05, 0.1) is 18.8 Å². The van der Waals surface area contributed by atoms with E-state index in [2.05, 4.69) is 15.6 Å². The number of carboxylic acid groups (broad SMARTS) is 1. The first-order chi connectivity index (χ1) is 21.0. The van der Waals surface area contributed by atoms with Crippen LogP contribution in [-0.4, -0.2) is 66.5 Å². The van der Waals surface area contributed by atoms with E-state index in [1.807, 2.05) is 30.3 Å². The maximum absolute atomic E-state index is 13.5. The molecule has 3 rings (SSSR count). The van der Waals surface area contributed by atoms with Gasteiger partial charge in [-0.3, -0.25) is 29.0 Å². The Bertz CT molecular complexity index is 1480. The second-order valence-electron chi connectivity index (χ2n) is 10.6. The first-order valence-electron chi connectivity index (χ1n) is 14.1. The lowest BCUT2D eigenvalue weighted by atomic mass is 10.0. The van der Waals surface area contributed by atoms with E-state index in [4.69, 9.17) is 22.0 Å².